The molecule has 0 spiro atoms. The molecule has 4 aromatic rings. The van der Waals surface area contributed by atoms with Crippen LogP contribution in [0.1, 0.15) is 31.8 Å². The van der Waals surface area contributed by atoms with Crippen LogP contribution in [0.3, 0.4) is 0 Å². The van der Waals surface area contributed by atoms with Gasteiger partial charge in [0.15, 0.2) is 0 Å². The molecule has 1 amide bonds. The molecule has 4 rings (SSSR count). The van der Waals surface area contributed by atoms with E-state index >= 15 is 0 Å². The van der Waals surface area contributed by atoms with E-state index < -0.39 is 5.97 Å². The lowest BCUT2D eigenvalue weighted by molar-refractivity contribution is 0.0599. The Balaban J connectivity index is 1.43. The second kappa shape index (κ2) is 9.61. The van der Waals surface area contributed by atoms with Crippen molar-refractivity contribution in [1.29, 1.82) is 0 Å². The van der Waals surface area contributed by atoms with E-state index in [4.69, 9.17) is 4.74 Å². The highest BCUT2D eigenvalue weighted by molar-refractivity contribution is 9.10. The molecule has 0 aliphatic carbocycles. The number of amides is 1. The summed E-state index contributed by atoms with van der Waals surface area (Å²) >= 11 is 3.38. The second-order valence-corrected chi connectivity index (χ2v) is 8.00. The van der Waals surface area contributed by atoms with Gasteiger partial charge in [-0.2, -0.15) is 10.2 Å². The van der Waals surface area contributed by atoms with Crippen molar-refractivity contribution < 1.29 is 14.3 Å². The number of anilines is 1. The van der Waals surface area contributed by atoms with E-state index in [1.807, 2.05) is 36.5 Å². The zero-order valence-electron chi connectivity index (χ0n) is 17.2. The van der Waals surface area contributed by atoms with Gasteiger partial charge in [-0.15, -0.1) is 0 Å². The number of methoxy groups -OCH3 is 1. The molecular formula is C23H20BrN5O3. The molecule has 1 N–H and O–H groups in total. The third-order valence-corrected chi connectivity index (χ3v) is 5.19. The van der Waals surface area contributed by atoms with E-state index in [0.29, 0.717) is 29.9 Å². The van der Waals surface area contributed by atoms with Gasteiger partial charge in [-0.1, -0.05) is 30.3 Å². The van der Waals surface area contributed by atoms with Gasteiger partial charge in [-0.05, 0) is 45.3 Å². The largest absolute Gasteiger partial charge is 0.465 e. The average molecular weight is 494 g/mol. The van der Waals surface area contributed by atoms with Crippen molar-refractivity contribution in [3.05, 3.63) is 100 Å². The molecule has 0 unspecified atom stereocenters. The Bertz CT molecular complexity index is 1260. The third kappa shape index (κ3) is 5.12. The minimum absolute atomic E-state index is 0.233. The molecule has 0 atom stereocenters. The number of esters is 1. The SMILES string of the molecule is COC(=O)c1ccccc1Cn1cc(NC(=O)c2cccc(Cn3cc(Br)cn3)c2)cn1. The summed E-state index contributed by atoms with van der Waals surface area (Å²) in [5, 5.41) is 11.4. The number of hydrogen-bond acceptors (Lipinski definition) is 5. The average Bonchev–Trinajstić information content (AvgIpc) is 3.42. The maximum absolute atomic E-state index is 12.7. The van der Waals surface area contributed by atoms with Gasteiger partial charge in [0.2, 0.25) is 0 Å². The highest BCUT2D eigenvalue weighted by Gasteiger charge is 2.13. The summed E-state index contributed by atoms with van der Waals surface area (Å²) in [6, 6.07) is 14.6. The first-order valence-corrected chi connectivity index (χ1v) is 10.6. The van der Waals surface area contributed by atoms with Crippen LogP contribution in [0, 0.1) is 0 Å². The standard InChI is InChI=1S/C23H20BrN5O3/c1-32-23(31)21-8-3-2-6-18(21)13-29-15-20(11-26-29)27-22(30)17-7-4-5-16(9-17)12-28-14-19(24)10-25-28/h2-11,14-15H,12-13H2,1H3,(H,27,30). The van der Waals surface area contributed by atoms with E-state index in [0.717, 1.165) is 15.6 Å². The summed E-state index contributed by atoms with van der Waals surface area (Å²) in [5.74, 6) is -0.633. The topological polar surface area (TPSA) is 91.0 Å². The van der Waals surface area contributed by atoms with Crippen LogP contribution in [0.25, 0.3) is 0 Å². The Hall–Kier alpha value is -3.72. The molecule has 162 valence electrons. The lowest BCUT2D eigenvalue weighted by atomic mass is 10.1. The minimum atomic E-state index is -0.399. The number of carbonyl (C=O) groups excluding carboxylic acids is 2. The van der Waals surface area contributed by atoms with E-state index in [9.17, 15) is 9.59 Å². The van der Waals surface area contributed by atoms with Gasteiger partial charge in [-0.25, -0.2) is 4.79 Å². The number of nitrogens with one attached hydrogen (secondary N) is 1. The number of benzene rings is 2. The zero-order valence-corrected chi connectivity index (χ0v) is 18.8. The Morgan fingerprint density at radius 1 is 1.00 bits per heavy atom. The summed E-state index contributed by atoms with van der Waals surface area (Å²) in [7, 11) is 1.35. The Morgan fingerprint density at radius 3 is 2.56 bits per heavy atom. The lowest BCUT2D eigenvalue weighted by Crippen LogP contribution is -2.12. The van der Waals surface area contributed by atoms with Crippen molar-refractivity contribution in [2.24, 2.45) is 0 Å². The monoisotopic (exact) mass is 493 g/mol. The van der Waals surface area contributed by atoms with E-state index in [-0.39, 0.29) is 5.91 Å². The smallest absolute Gasteiger partial charge is 0.338 e. The van der Waals surface area contributed by atoms with Gasteiger partial charge in [-0.3, -0.25) is 14.2 Å². The molecule has 0 aliphatic heterocycles. The highest BCUT2D eigenvalue weighted by Crippen LogP contribution is 2.15. The Labute approximate surface area is 192 Å². The van der Waals surface area contributed by atoms with Crippen molar-refractivity contribution in [1.82, 2.24) is 19.6 Å². The third-order valence-electron chi connectivity index (χ3n) is 4.78. The minimum Gasteiger partial charge on any atom is -0.465 e. The van der Waals surface area contributed by atoms with E-state index in [2.05, 4.69) is 31.4 Å². The first-order chi connectivity index (χ1) is 15.5. The van der Waals surface area contributed by atoms with Crippen molar-refractivity contribution >= 4 is 33.5 Å². The van der Waals surface area contributed by atoms with Crippen molar-refractivity contribution in [2.45, 2.75) is 13.1 Å². The first-order valence-electron chi connectivity index (χ1n) is 9.79. The van der Waals surface area contributed by atoms with Crippen molar-refractivity contribution in [2.75, 3.05) is 12.4 Å². The van der Waals surface area contributed by atoms with E-state index in [1.54, 1.807) is 46.2 Å². The molecule has 2 aromatic carbocycles. The van der Waals surface area contributed by atoms with Crippen LogP contribution in [0.4, 0.5) is 5.69 Å². The molecule has 2 heterocycles. The number of carbonyl (C=O) groups is 2. The summed E-state index contributed by atoms with van der Waals surface area (Å²) in [6.45, 7) is 0.931. The highest BCUT2D eigenvalue weighted by atomic mass is 79.9. The summed E-state index contributed by atoms with van der Waals surface area (Å²) < 4.78 is 9.18. The molecule has 2 aromatic heterocycles. The Kier molecular flexibility index (Phi) is 6.46. The fourth-order valence-electron chi connectivity index (χ4n) is 3.28. The molecule has 9 heteroatoms. The predicted octanol–water partition coefficient (Wildman–Crippen LogP) is 3.98. The molecule has 0 fully saturated rings. The summed E-state index contributed by atoms with van der Waals surface area (Å²) in [6.07, 6.45) is 6.89. The van der Waals surface area contributed by atoms with Crippen LogP contribution in [0.2, 0.25) is 0 Å². The maximum Gasteiger partial charge on any atom is 0.338 e. The first kappa shape index (κ1) is 21.5. The quantitative estimate of drug-likeness (QED) is 0.393. The van der Waals surface area contributed by atoms with E-state index in [1.165, 1.54) is 7.11 Å². The van der Waals surface area contributed by atoms with Gasteiger partial charge < -0.3 is 10.1 Å². The van der Waals surface area contributed by atoms with Crippen LogP contribution in [-0.4, -0.2) is 38.5 Å². The van der Waals surface area contributed by atoms with Crippen LogP contribution in [-0.2, 0) is 17.8 Å². The molecule has 32 heavy (non-hydrogen) atoms. The van der Waals surface area contributed by atoms with Crippen molar-refractivity contribution in [3.63, 3.8) is 0 Å². The van der Waals surface area contributed by atoms with Gasteiger partial charge in [0.1, 0.15) is 0 Å². The Morgan fingerprint density at radius 2 is 1.78 bits per heavy atom. The van der Waals surface area contributed by atoms with Crippen LogP contribution < -0.4 is 5.32 Å². The molecule has 0 saturated carbocycles. The second-order valence-electron chi connectivity index (χ2n) is 7.09. The maximum atomic E-state index is 12.7. The summed E-state index contributed by atoms with van der Waals surface area (Å²) in [4.78, 5) is 24.7. The normalized spacial score (nSPS) is 10.7. The van der Waals surface area contributed by atoms with Crippen LogP contribution >= 0.6 is 15.9 Å². The molecule has 8 nitrogen and oxygen atoms in total. The van der Waals surface area contributed by atoms with Crippen LogP contribution in [0.15, 0.2) is 77.8 Å². The molecule has 0 radical (unpaired) electrons. The molecule has 0 aliphatic rings. The van der Waals surface area contributed by atoms with Gasteiger partial charge in [0.25, 0.3) is 5.91 Å². The van der Waals surface area contributed by atoms with Crippen molar-refractivity contribution in [3.8, 4) is 0 Å². The number of halogens is 1. The number of aromatic nitrogens is 4. The van der Waals surface area contributed by atoms with Gasteiger partial charge in [0.05, 0.1) is 48.3 Å². The molecular weight excluding hydrogens is 474 g/mol. The number of nitrogens with zero attached hydrogens (tertiary/aromatic N) is 4. The van der Waals surface area contributed by atoms with Crippen LogP contribution in [0.5, 0.6) is 0 Å². The van der Waals surface area contributed by atoms with Gasteiger partial charge >= 0.3 is 5.97 Å². The number of rotatable bonds is 7. The number of ether oxygens (including phenoxy) is 1. The zero-order chi connectivity index (χ0) is 22.5. The lowest BCUT2D eigenvalue weighted by Gasteiger charge is -2.08. The molecule has 0 bridgehead atoms. The molecule has 0 saturated heterocycles. The summed E-state index contributed by atoms with van der Waals surface area (Å²) in [5.41, 5.74) is 3.32. The number of hydrogen-bond donors (Lipinski definition) is 1. The predicted molar refractivity (Wildman–Crippen MR) is 123 cm³/mol. The fourth-order valence-corrected chi connectivity index (χ4v) is 3.61. The van der Waals surface area contributed by atoms with Gasteiger partial charge in [0, 0.05) is 18.0 Å². The fraction of sp³-hybridized carbons (Fsp3) is 0.130.